The molecule has 0 amide bonds. The summed E-state index contributed by atoms with van der Waals surface area (Å²) in [5.41, 5.74) is 1.18. The number of aliphatic hydroxyl groups excluding tert-OH is 1. The topological polar surface area (TPSA) is 35.5 Å². The van der Waals surface area contributed by atoms with Gasteiger partial charge in [-0.05, 0) is 37.3 Å². The third-order valence-corrected chi connectivity index (χ3v) is 5.75. The number of piperidine rings is 1. The van der Waals surface area contributed by atoms with Crippen LogP contribution in [0.4, 0.5) is 0 Å². The molecule has 3 heteroatoms. The molecule has 1 aliphatic heterocycles. The average Bonchev–Trinajstić information content (AvgIpc) is 2.53. The first-order chi connectivity index (χ1) is 10.8. The quantitative estimate of drug-likeness (QED) is 0.846. The van der Waals surface area contributed by atoms with Crippen LogP contribution in [-0.2, 0) is 0 Å². The summed E-state index contributed by atoms with van der Waals surface area (Å²) >= 11 is 0. The first-order valence-electron chi connectivity index (χ1n) is 8.94. The molecular formula is C20H34N2O. The molecule has 1 aliphatic rings. The summed E-state index contributed by atoms with van der Waals surface area (Å²) in [6, 6.07) is 11.8. The molecule has 0 unspecified atom stereocenters. The van der Waals surface area contributed by atoms with E-state index in [2.05, 4.69) is 75.3 Å². The van der Waals surface area contributed by atoms with Crippen LogP contribution in [0.3, 0.4) is 0 Å². The maximum atomic E-state index is 9.86. The minimum Gasteiger partial charge on any atom is -0.396 e. The van der Waals surface area contributed by atoms with Crippen molar-refractivity contribution in [2.24, 2.45) is 11.3 Å². The van der Waals surface area contributed by atoms with Crippen molar-refractivity contribution < 1.29 is 5.11 Å². The molecule has 0 aliphatic carbocycles. The van der Waals surface area contributed by atoms with E-state index in [0.29, 0.717) is 23.9 Å². The van der Waals surface area contributed by atoms with Crippen molar-refractivity contribution in [2.75, 3.05) is 26.7 Å². The lowest BCUT2D eigenvalue weighted by Gasteiger charge is -2.42. The Bertz CT molecular complexity index is 474. The Balaban J connectivity index is 2.07. The number of rotatable bonds is 6. The Morgan fingerprint density at radius 2 is 1.91 bits per heavy atom. The highest BCUT2D eigenvalue weighted by molar-refractivity contribution is 5.22. The van der Waals surface area contributed by atoms with Gasteiger partial charge in [0.05, 0.1) is 0 Å². The van der Waals surface area contributed by atoms with Crippen molar-refractivity contribution in [1.82, 2.24) is 10.2 Å². The SMILES string of the molecule is C[C@@H]1CN(C)[C@H](C)C[C@H]1NC[C@H](c1ccccc1)C(C)(C)CO. The van der Waals surface area contributed by atoms with Crippen LogP contribution in [-0.4, -0.2) is 48.8 Å². The maximum absolute atomic E-state index is 9.86. The minimum absolute atomic E-state index is 0.130. The van der Waals surface area contributed by atoms with Crippen molar-refractivity contribution in [1.29, 1.82) is 0 Å². The number of hydrogen-bond donors (Lipinski definition) is 2. The molecule has 3 nitrogen and oxygen atoms in total. The highest BCUT2D eigenvalue weighted by Gasteiger charge is 2.33. The lowest BCUT2D eigenvalue weighted by atomic mass is 9.75. The van der Waals surface area contributed by atoms with Gasteiger partial charge < -0.3 is 15.3 Å². The van der Waals surface area contributed by atoms with Crippen LogP contribution < -0.4 is 5.32 Å². The molecule has 4 atom stereocenters. The Labute approximate surface area is 142 Å². The van der Waals surface area contributed by atoms with Crippen LogP contribution in [0.15, 0.2) is 30.3 Å². The van der Waals surface area contributed by atoms with Crippen molar-refractivity contribution in [2.45, 2.75) is 52.1 Å². The van der Waals surface area contributed by atoms with Gasteiger partial charge in [0.15, 0.2) is 0 Å². The summed E-state index contributed by atoms with van der Waals surface area (Å²) in [7, 11) is 2.22. The molecule has 2 N–H and O–H groups in total. The van der Waals surface area contributed by atoms with Gasteiger partial charge in [0, 0.05) is 37.7 Å². The highest BCUT2D eigenvalue weighted by Crippen LogP contribution is 2.35. The molecule has 1 heterocycles. The molecule has 0 bridgehead atoms. The molecular weight excluding hydrogens is 284 g/mol. The molecule has 130 valence electrons. The maximum Gasteiger partial charge on any atom is 0.0488 e. The summed E-state index contributed by atoms with van der Waals surface area (Å²) in [5.74, 6) is 0.973. The third kappa shape index (κ3) is 4.56. The Hall–Kier alpha value is -0.900. The van der Waals surface area contributed by atoms with Gasteiger partial charge in [0.2, 0.25) is 0 Å². The van der Waals surface area contributed by atoms with E-state index in [1.807, 2.05) is 0 Å². The van der Waals surface area contributed by atoms with Gasteiger partial charge >= 0.3 is 0 Å². The summed E-state index contributed by atoms with van der Waals surface area (Å²) in [6.07, 6.45) is 1.19. The second-order valence-electron chi connectivity index (χ2n) is 8.13. The zero-order chi connectivity index (χ0) is 17.0. The van der Waals surface area contributed by atoms with E-state index < -0.39 is 0 Å². The molecule has 23 heavy (non-hydrogen) atoms. The molecule has 1 saturated heterocycles. The summed E-state index contributed by atoms with van der Waals surface area (Å²) in [5, 5.41) is 13.7. The predicted octanol–water partition coefficient (Wildman–Crippen LogP) is 3.11. The van der Waals surface area contributed by atoms with E-state index in [-0.39, 0.29) is 12.0 Å². The van der Waals surface area contributed by atoms with Gasteiger partial charge in [0.25, 0.3) is 0 Å². The van der Waals surface area contributed by atoms with Crippen molar-refractivity contribution in [3.63, 3.8) is 0 Å². The normalized spacial score (nSPS) is 27.8. The van der Waals surface area contributed by atoms with E-state index in [0.717, 1.165) is 13.1 Å². The summed E-state index contributed by atoms with van der Waals surface area (Å²) in [4.78, 5) is 2.45. The fourth-order valence-corrected chi connectivity index (χ4v) is 3.74. The predicted molar refractivity (Wildman–Crippen MR) is 97.7 cm³/mol. The lowest BCUT2D eigenvalue weighted by Crippen LogP contribution is -2.52. The number of benzene rings is 1. The van der Waals surface area contributed by atoms with E-state index in [4.69, 9.17) is 0 Å². The van der Waals surface area contributed by atoms with Gasteiger partial charge in [-0.2, -0.15) is 0 Å². The van der Waals surface area contributed by atoms with Crippen LogP contribution in [0.5, 0.6) is 0 Å². The first-order valence-corrected chi connectivity index (χ1v) is 8.94. The minimum atomic E-state index is -0.130. The lowest BCUT2D eigenvalue weighted by molar-refractivity contribution is 0.104. The van der Waals surface area contributed by atoms with E-state index in [1.54, 1.807) is 0 Å². The fraction of sp³-hybridized carbons (Fsp3) is 0.700. The van der Waals surface area contributed by atoms with Gasteiger partial charge in [-0.25, -0.2) is 0 Å². The monoisotopic (exact) mass is 318 g/mol. The molecule has 0 radical (unpaired) electrons. The molecule has 0 aromatic heterocycles. The van der Waals surface area contributed by atoms with E-state index >= 15 is 0 Å². The van der Waals surface area contributed by atoms with Crippen LogP contribution >= 0.6 is 0 Å². The molecule has 1 aromatic rings. The molecule has 0 spiro atoms. The number of nitrogens with zero attached hydrogens (tertiary/aromatic N) is 1. The van der Waals surface area contributed by atoms with Crippen LogP contribution in [0.2, 0.25) is 0 Å². The van der Waals surface area contributed by atoms with Gasteiger partial charge in [-0.1, -0.05) is 51.1 Å². The van der Waals surface area contributed by atoms with Crippen molar-refractivity contribution in [3.05, 3.63) is 35.9 Å². The van der Waals surface area contributed by atoms with E-state index in [9.17, 15) is 5.11 Å². The number of hydrogen-bond acceptors (Lipinski definition) is 3. The molecule has 1 fully saturated rings. The standard InChI is InChI=1S/C20H34N2O/c1-15-13-22(5)16(2)11-19(15)21-12-18(20(3,4)14-23)17-9-7-6-8-10-17/h6-10,15-16,18-19,21,23H,11-14H2,1-5H3/t15-,16-,18-,19-/m1/s1. The Morgan fingerprint density at radius 1 is 1.26 bits per heavy atom. The Kier molecular flexibility index (Phi) is 6.24. The largest absolute Gasteiger partial charge is 0.396 e. The summed E-state index contributed by atoms with van der Waals surface area (Å²) in [6.45, 7) is 11.2. The number of aliphatic hydroxyl groups is 1. The van der Waals surface area contributed by atoms with Gasteiger partial charge in [0.1, 0.15) is 0 Å². The zero-order valence-corrected chi connectivity index (χ0v) is 15.4. The van der Waals surface area contributed by atoms with Gasteiger partial charge in [-0.15, -0.1) is 0 Å². The van der Waals surface area contributed by atoms with Crippen LogP contribution in [0.1, 0.15) is 45.6 Å². The second-order valence-corrected chi connectivity index (χ2v) is 8.13. The average molecular weight is 319 g/mol. The third-order valence-electron chi connectivity index (χ3n) is 5.75. The smallest absolute Gasteiger partial charge is 0.0488 e. The summed E-state index contributed by atoms with van der Waals surface area (Å²) < 4.78 is 0. The Morgan fingerprint density at radius 3 is 2.52 bits per heavy atom. The van der Waals surface area contributed by atoms with Crippen LogP contribution in [0, 0.1) is 11.3 Å². The first kappa shape index (κ1) is 18.4. The van der Waals surface area contributed by atoms with Crippen molar-refractivity contribution in [3.8, 4) is 0 Å². The fourth-order valence-electron chi connectivity index (χ4n) is 3.74. The molecule has 0 saturated carbocycles. The van der Waals surface area contributed by atoms with E-state index in [1.165, 1.54) is 12.0 Å². The van der Waals surface area contributed by atoms with Crippen molar-refractivity contribution >= 4 is 0 Å². The molecule has 1 aromatic carbocycles. The molecule has 2 rings (SSSR count). The number of likely N-dealkylation sites (tertiary alicyclic amines) is 1. The van der Waals surface area contributed by atoms with Crippen LogP contribution in [0.25, 0.3) is 0 Å². The zero-order valence-electron chi connectivity index (χ0n) is 15.4. The highest BCUT2D eigenvalue weighted by atomic mass is 16.3. The number of nitrogens with one attached hydrogen (secondary N) is 1. The van der Waals surface area contributed by atoms with Gasteiger partial charge in [-0.3, -0.25) is 0 Å². The second kappa shape index (κ2) is 7.78.